The van der Waals surface area contributed by atoms with Crippen LogP contribution in [0.4, 0.5) is 5.69 Å². The number of hydrogen-bond donors (Lipinski definition) is 3. The molecule has 0 radical (unpaired) electrons. The molecule has 0 atom stereocenters. The highest BCUT2D eigenvalue weighted by atomic mass is 79.9. The molecule has 104 valence electrons. The number of nitrogens with one attached hydrogen (secondary N) is 1. The van der Waals surface area contributed by atoms with Gasteiger partial charge in [0.15, 0.2) is 5.84 Å². The third-order valence-corrected chi connectivity index (χ3v) is 2.81. The van der Waals surface area contributed by atoms with Gasteiger partial charge in [0, 0.05) is 16.6 Å². The molecule has 1 rings (SSSR count). The Hall–Kier alpha value is -1.60. The van der Waals surface area contributed by atoms with E-state index in [9.17, 15) is 4.79 Å². The number of carbonyl (C=O) groups excluding carboxylic acids is 1. The Labute approximate surface area is 119 Å². The number of benzene rings is 1. The molecule has 1 aromatic carbocycles. The number of oxime groups is 1. The van der Waals surface area contributed by atoms with Crippen LogP contribution in [0.3, 0.4) is 0 Å². The summed E-state index contributed by atoms with van der Waals surface area (Å²) < 4.78 is 5.87. The maximum absolute atomic E-state index is 11.7. The Morgan fingerprint density at radius 2 is 2.32 bits per heavy atom. The van der Waals surface area contributed by atoms with Crippen LogP contribution in [0, 0.1) is 0 Å². The molecule has 6 nitrogen and oxygen atoms in total. The van der Waals surface area contributed by atoms with Crippen molar-refractivity contribution < 1.29 is 14.7 Å². The van der Waals surface area contributed by atoms with Crippen molar-refractivity contribution in [2.45, 2.75) is 13.3 Å². The fraction of sp³-hybridized carbons (Fsp3) is 0.333. The van der Waals surface area contributed by atoms with Crippen LogP contribution in [-0.2, 0) is 9.53 Å². The number of amides is 1. The second kappa shape index (κ2) is 7.75. The molecule has 0 aliphatic rings. The highest BCUT2D eigenvalue weighted by Crippen LogP contribution is 2.21. The van der Waals surface area contributed by atoms with Crippen LogP contribution in [0.1, 0.15) is 18.9 Å². The number of nitrogens with zero attached hydrogens (tertiary/aromatic N) is 1. The minimum atomic E-state index is -0.192. The van der Waals surface area contributed by atoms with Gasteiger partial charge in [-0.15, -0.1) is 0 Å². The molecule has 0 spiro atoms. The Morgan fingerprint density at radius 3 is 2.95 bits per heavy atom. The van der Waals surface area contributed by atoms with Gasteiger partial charge >= 0.3 is 0 Å². The molecule has 1 aromatic rings. The summed E-state index contributed by atoms with van der Waals surface area (Å²) in [5.74, 6) is -0.260. The van der Waals surface area contributed by atoms with Gasteiger partial charge in [0.05, 0.1) is 18.7 Å². The van der Waals surface area contributed by atoms with Gasteiger partial charge in [-0.25, -0.2) is 0 Å². The van der Waals surface area contributed by atoms with Gasteiger partial charge in [0.25, 0.3) is 0 Å². The highest BCUT2D eigenvalue weighted by molar-refractivity contribution is 9.10. The standard InChI is InChI=1S/C12H16BrN3O3/c1-2-19-6-5-11(17)15-10-4-3-8(13)7-9(10)12(14)16-18/h3-4,7,18H,2,5-6H2,1H3,(H2,14,16)(H,15,17). The van der Waals surface area contributed by atoms with E-state index in [2.05, 4.69) is 26.4 Å². The quantitative estimate of drug-likeness (QED) is 0.244. The fourth-order valence-electron chi connectivity index (χ4n) is 1.41. The third kappa shape index (κ3) is 4.88. The average Bonchev–Trinajstić information content (AvgIpc) is 2.40. The van der Waals surface area contributed by atoms with Crippen molar-refractivity contribution in [2.75, 3.05) is 18.5 Å². The lowest BCUT2D eigenvalue weighted by molar-refractivity contribution is -0.117. The zero-order valence-corrected chi connectivity index (χ0v) is 12.1. The first kappa shape index (κ1) is 15.5. The summed E-state index contributed by atoms with van der Waals surface area (Å²) in [6, 6.07) is 5.09. The number of carbonyl (C=O) groups is 1. The maximum atomic E-state index is 11.7. The van der Waals surface area contributed by atoms with Crippen molar-refractivity contribution in [1.82, 2.24) is 0 Å². The Balaban J connectivity index is 2.80. The van der Waals surface area contributed by atoms with E-state index in [4.69, 9.17) is 15.7 Å². The number of ether oxygens (including phenoxy) is 1. The summed E-state index contributed by atoms with van der Waals surface area (Å²) in [6.07, 6.45) is 0.250. The van der Waals surface area contributed by atoms with Crippen LogP contribution in [0.5, 0.6) is 0 Å². The fourth-order valence-corrected chi connectivity index (χ4v) is 1.77. The van der Waals surface area contributed by atoms with Crippen molar-refractivity contribution in [2.24, 2.45) is 10.9 Å². The van der Waals surface area contributed by atoms with Crippen molar-refractivity contribution in [3.8, 4) is 0 Å². The molecular formula is C12H16BrN3O3. The molecule has 0 saturated heterocycles. The van der Waals surface area contributed by atoms with Crippen molar-refractivity contribution >= 4 is 33.4 Å². The minimum absolute atomic E-state index is 0.0681. The lowest BCUT2D eigenvalue weighted by Gasteiger charge is -2.10. The van der Waals surface area contributed by atoms with Crippen LogP contribution in [0.25, 0.3) is 0 Å². The van der Waals surface area contributed by atoms with Gasteiger partial charge in [-0.2, -0.15) is 0 Å². The Morgan fingerprint density at radius 1 is 1.58 bits per heavy atom. The zero-order valence-electron chi connectivity index (χ0n) is 10.5. The molecule has 1 amide bonds. The van der Waals surface area contributed by atoms with E-state index >= 15 is 0 Å². The summed E-state index contributed by atoms with van der Waals surface area (Å²) in [7, 11) is 0. The zero-order chi connectivity index (χ0) is 14.3. The lowest BCUT2D eigenvalue weighted by Crippen LogP contribution is -2.20. The molecule has 0 saturated carbocycles. The normalized spacial score (nSPS) is 11.4. The molecule has 19 heavy (non-hydrogen) atoms. The third-order valence-electron chi connectivity index (χ3n) is 2.32. The highest BCUT2D eigenvalue weighted by Gasteiger charge is 2.10. The van der Waals surface area contributed by atoms with E-state index in [0.717, 1.165) is 4.47 Å². The second-order valence-corrected chi connectivity index (χ2v) is 4.59. The minimum Gasteiger partial charge on any atom is -0.409 e. The number of halogens is 1. The first-order valence-electron chi connectivity index (χ1n) is 5.73. The largest absolute Gasteiger partial charge is 0.409 e. The molecule has 0 heterocycles. The van der Waals surface area contributed by atoms with Gasteiger partial charge in [-0.05, 0) is 25.1 Å². The summed E-state index contributed by atoms with van der Waals surface area (Å²) in [5, 5.41) is 14.4. The number of hydrogen-bond acceptors (Lipinski definition) is 4. The van der Waals surface area contributed by atoms with Gasteiger partial charge in [-0.3, -0.25) is 4.79 Å². The predicted octanol–water partition coefficient (Wildman–Crippen LogP) is 1.91. The molecule has 4 N–H and O–H groups in total. The van der Waals surface area contributed by atoms with Crippen LogP contribution in [-0.4, -0.2) is 30.2 Å². The molecule has 0 unspecified atom stereocenters. The van der Waals surface area contributed by atoms with Gasteiger partial charge in [0.1, 0.15) is 0 Å². The Bertz CT molecular complexity index is 477. The monoisotopic (exact) mass is 329 g/mol. The van der Waals surface area contributed by atoms with E-state index in [-0.39, 0.29) is 18.2 Å². The van der Waals surface area contributed by atoms with Crippen LogP contribution in [0.2, 0.25) is 0 Å². The SMILES string of the molecule is CCOCCC(=O)Nc1ccc(Br)cc1/C(N)=N/O. The van der Waals surface area contributed by atoms with Crippen molar-refractivity contribution in [3.05, 3.63) is 28.2 Å². The van der Waals surface area contributed by atoms with Gasteiger partial charge in [0.2, 0.25) is 5.91 Å². The summed E-state index contributed by atoms with van der Waals surface area (Å²) in [5.41, 5.74) is 6.50. The predicted molar refractivity (Wildman–Crippen MR) is 76.4 cm³/mol. The van der Waals surface area contributed by atoms with Crippen LogP contribution < -0.4 is 11.1 Å². The average molecular weight is 330 g/mol. The molecule has 0 fully saturated rings. The first-order valence-corrected chi connectivity index (χ1v) is 6.52. The second-order valence-electron chi connectivity index (χ2n) is 3.67. The molecule has 0 bridgehead atoms. The maximum Gasteiger partial charge on any atom is 0.226 e. The van der Waals surface area contributed by atoms with Crippen LogP contribution in [0.15, 0.2) is 27.8 Å². The first-order chi connectivity index (χ1) is 9.08. The van der Waals surface area contributed by atoms with Crippen LogP contribution >= 0.6 is 15.9 Å². The smallest absolute Gasteiger partial charge is 0.226 e. The van der Waals surface area contributed by atoms with E-state index in [0.29, 0.717) is 24.5 Å². The van der Waals surface area contributed by atoms with E-state index < -0.39 is 0 Å². The van der Waals surface area contributed by atoms with Gasteiger partial charge < -0.3 is 21.0 Å². The summed E-state index contributed by atoms with van der Waals surface area (Å²) in [4.78, 5) is 11.7. The Kier molecular flexibility index (Phi) is 6.31. The number of rotatable bonds is 6. The van der Waals surface area contributed by atoms with Crippen molar-refractivity contribution in [3.63, 3.8) is 0 Å². The molecular weight excluding hydrogens is 314 g/mol. The molecule has 0 aromatic heterocycles. The summed E-state index contributed by atoms with van der Waals surface area (Å²) in [6.45, 7) is 2.79. The van der Waals surface area contributed by atoms with E-state index in [1.807, 2.05) is 6.92 Å². The van der Waals surface area contributed by atoms with E-state index in [1.54, 1.807) is 18.2 Å². The van der Waals surface area contributed by atoms with Crippen molar-refractivity contribution in [1.29, 1.82) is 0 Å². The van der Waals surface area contributed by atoms with E-state index in [1.165, 1.54) is 0 Å². The van der Waals surface area contributed by atoms with Gasteiger partial charge in [-0.1, -0.05) is 21.1 Å². The molecule has 0 aliphatic heterocycles. The molecule has 0 aliphatic carbocycles. The number of nitrogens with two attached hydrogens (primary N) is 1. The lowest BCUT2D eigenvalue weighted by atomic mass is 10.1. The molecule has 7 heteroatoms. The topological polar surface area (TPSA) is 96.9 Å². The number of anilines is 1. The summed E-state index contributed by atoms with van der Waals surface area (Å²) >= 11 is 3.29. The number of amidine groups is 1.